The van der Waals surface area contributed by atoms with Gasteiger partial charge in [-0.05, 0) is 42.9 Å². The van der Waals surface area contributed by atoms with Gasteiger partial charge >= 0.3 is 0 Å². The molecule has 4 nitrogen and oxygen atoms in total. The molecule has 0 aromatic heterocycles. The molecule has 2 rings (SSSR count). The number of rotatable bonds is 12. The zero-order valence-corrected chi connectivity index (χ0v) is 18.3. The number of hydrogen-bond donors (Lipinski definition) is 0. The lowest BCUT2D eigenvalue weighted by atomic mass is 9.80. The van der Waals surface area contributed by atoms with E-state index in [9.17, 15) is 0 Å². The highest BCUT2D eigenvalue weighted by atomic mass is 28.2. The Kier molecular flexibility index (Phi) is 8.78. The van der Waals surface area contributed by atoms with E-state index in [4.69, 9.17) is 18.9 Å². The van der Waals surface area contributed by atoms with E-state index in [0.29, 0.717) is 0 Å². The molecule has 0 aromatic rings. The first-order valence-corrected chi connectivity index (χ1v) is 13.0. The maximum absolute atomic E-state index is 5.35. The molecule has 0 saturated heterocycles. The molecule has 2 saturated carbocycles. The maximum Gasteiger partial charge on any atom is 0.134 e. The van der Waals surface area contributed by atoms with Crippen LogP contribution in [-0.2, 0) is 18.9 Å². The fraction of sp³-hybridized carbons (Fsp3) is 1.00. The van der Waals surface area contributed by atoms with Crippen molar-refractivity contribution in [3.05, 3.63) is 0 Å². The van der Waals surface area contributed by atoms with E-state index >= 15 is 0 Å². The average molecular weight is 361 g/mol. The van der Waals surface area contributed by atoms with Gasteiger partial charge in [-0.3, -0.25) is 0 Å². The monoisotopic (exact) mass is 360 g/mol. The predicted molar refractivity (Wildman–Crippen MR) is 99.4 cm³/mol. The molecule has 2 aliphatic rings. The molecule has 136 valence electrons. The highest BCUT2D eigenvalue weighted by Gasteiger charge is 2.44. The van der Waals surface area contributed by atoms with Gasteiger partial charge in [-0.15, -0.1) is 0 Å². The second-order valence-electron chi connectivity index (χ2n) is 7.41. The lowest BCUT2D eigenvalue weighted by Crippen LogP contribution is -2.24. The SMILES string of the molecule is COC(OC)[SiH2]CCC1CC2CC1CC2CC[SiH2]C(OC)OC. The van der Waals surface area contributed by atoms with Gasteiger partial charge in [-0.2, -0.15) is 0 Å². The molecule has 4 atom stereocenters. The standard InChI is InChI=1S/C17H36O4Si2/c1-18-16(19-2)22-7-5-12-9-15-11-14(12)10-13(15)6-8-23-17(20-3)21-4/h12-17H,5-11,22-23H2,1-4H3. The molecule has 0 heterocycles. The molecule has 0 amide bonds. The average Bonchev–Trinajstić information content (AvgIpc) is 3.15. The van der Waals surface area contributed by atoms with Crippen molar-refractivity contribution < 1.29 is 18.9 Å². The van der Waals surface area contributed by atoms with Gasteiger partial charge in [0.2, 0.25) is 0 Å². The summed E-state index contributed by atoms with van der Waals surface area (Å²) in [4.78, 5) is 0. The minimum absolute atomic E-state index is 0.126. The number of methoxy groups -OCH3 is 4. The van der Waals surface area contributed by atoms with Crippen LogP contribution in [0.25, 0.3) is 0 Å². The van der Waals surface area contributed by atoms with E-state index < -0.39 is 0 Å². The van der Waals surface area contributed by atoms with Crippen molar-refractivity contribution >= 4 is 19.0 Å². The van der Waals surface area contributed by atoms with Crippen LogP contribution in [0.1, 0.15) is 32.1 Å². The van der Waals surface area contributed by atoms with Crippen LogP contribution in [0.2, 0.25) is 12.1 Å². The third kappa shape index (κ3) is 5.64. The fourth-order valence-corrected chi connectivity index (χ4v) is 8.11. The molecular formula is C17H36O4Si2. The Morgan fingerprint density at radius 1 is 0.696 bits per heavy atom. The van der Waals surface area contributed by atoms with Crippen LogP contribution in [0.15, 0.2) is 0 Å². The zero-order chi connectivity index (χ0) is 16.7. The van der Waals surface area contributed by atoms with Crippen LogP contribution in [-0.4, -0.2) is 59.3 Å². The van der Waals surface area contributed by atoms with Crippen LogP contribution in [0.4, 0.5) is 0 Å². The number of ether oxygens (including phenoxy) is 4. The Morgan fingerprint density at radius 3 is 1.39 bits per heavy atom. The van der Waals surface area contributed by atoms with E-state index in [0.717, 1.165) is 23.7 Å². The van der Waals surface area contributed by atoms with Crippen molar-refractivity contribution in [1.82, 2.24) is 0 Å². The largest absolute Gasteiger partial charge is 0.360 e. The van der Waals surface area contributed by atoms with Gasteiger partial charge in [-0.1, -0.05) is 24.9 Å². The van der Waals surface area contributed by atoms with Crippen molar-refractivity contribution in [3.8, 4) is 0 Å². The molecule has 0 aliphatic heterocycles. The molecule has 0 N–H and O–H groups in total. The summed E-state index contributed by atoms with van der Waals surface area (Å²) in [6.45, 7) is 0. The summed E-state index contributed by atoms with van der Waals surface area (Å²) < 4.78 is 21.4. The normalized spacial score (nSPS) is 31.0. The first kappa shape index (κ1) is 19.6. The van der Waals surface area contributed by atoms with Crippen molar-refractivity contribution in [2.24, 2.45) is 23.7 Å². The lowest BCUT2D eigenvalue weighted by Gasteiger charge is -2.28. The van der Waals surface area contributed by atoms with Crippen LogP contribution >= 0.6 is 0 Å². The van der Waals surface area contributed by atoms with Gasteiger partial charge in [-0.25, -0.2) is 0 Å². The maximum atomic E-state index is 5.35. The van der Waals surface area contributed by atoms with E-state index in [1.54, 1.807) is 28.4 Å². The smallest absolute Gasteiger partial charge is 0.134 e. The van der Waals surface area contributed by atoms with Crippen LogP contribution in [0.5, 0.6) is 0 Å². The second-order valence-corrected chi connectivity index (χ2v) is 11.3. The van der Waals surface area contributed by atoms with Crippen molar-refractivity contribution in [1.29, 1.82) is 0 Å². The van der Waals surface area contributed by atoms with Gasteiger partial charge in [0.15, 0.2) is 0 Å². The topological polar surface area (TPSA) is 36.9 Å². The summed E-state index contributed by atoms with van der Waals surface area (Å²) in [5.41, 5.74) is 0. The Bertz CT molecular complexity index is 294. The molecule has 2 fully saturated rings. The van der Waals surface area contributed by atoms with E-state index in [1.165, 1.54) is 44.2 Å². The van der Waals surface area contributed by atoms with Gasteiger partial charge in [0.05, 0.1) is 19.0 Å². The molecule has 0 radical (unpaired) electrons. The first-order valence-electron chi connectivity index (χ1n) is 9.32. The third-order valence-electron chi connectivity index (χ3n) is 6.23. The quantitative estimate of drug-likeness (QED) is 0.392. The fourth-order valence-electron chi connectivity index (χ4n) is 4.98. The summed E-state index contributed by atoms with van der Waals surface area (Å²) >= 11 is 0. The van der Waals surface area contributed by atoms with Crippen molar-refractivity contribution in [3.63, 3.8) is 0 Å². The highest BCUT2D eigenvalue weighted by Crippen LogP contribution is 2.54. The van der Waals surface area contributed by atoms with Crippen LogP contribution < -0.4 is 0 Å². The van der Waals surface area contributed by atoms with E-state index in [1.807, 2.05) is 0 Å². The van der Waals surface area contributed by atoms with Gasteiger partial charge in [0.1, 0.15) is 11.8 Å². The zero-order valence-electron chi connectivity index (χ0n) is 15.5. The van der Waals surface area contributed by atoms with Gasteiger partial charge < -0.3 is 18.9 Å². The van der Waals surface area contributed by atoms with E-state index in [-0.39, 0.29) is 30.9 Å². The highest BCUT2D eigenvalue weighted by molar-refractivity contribution is 6.36. The summed E-state index contributed by atoms with van der Waals surface area (Å²) in [7, 11) is 6.61. The van der Waals surface area contributed by atoms with Crippen molar-refractivity contribution in [2.45, 2.75) is 56.0 Å². The van der Waals surface area contributed by atoms with Gasteiger partial charge in [0.25, 0.3) is 0 Å². The minimum atomic E-state index is -0.232. The van der Waals surface area contributed by atoms with Crippen LogP contribution in [0.3, 0.4) is 0 Å². The number of fused-ring (bicyclic) bond motifs is 2. The first-order chi connectivity index (χ1) is 11.2. The molecule has 0 spiro atoms. The van der Waals surface area contributed by atoms with Crippen molar-refractivity contribution in [2.75, 3.05) is 28.4 Å². The van der Waals surface area contributed by atoms with Gasteiger partial charge in [0, 0.05) is 28.4 Å². The molecule has 2 bridgehead atoms. The summed E-state index contributed by atoms with van der Waals surface area (Å²) in [6, 6.07) is 2.75. The molecule has 0 aromatic carbocycles. The second kappa shape index (κ2) is 10.3. The minimum Gasteiger partial charge on any atom is -0.360 e. The molecular weight excluding hydrogens is 324 g/mol. The summed E-state index contributed by atoms with van der Waals surface area (Å²) in [6.07, 6.45) is 7.34. The lowest BCUT2D eigenvalue weighted by molar-refractivity contribution is -0.0444. The Labute approximate surface area is 146 Å². The molecule has 4 unspecified atom stereocenters. The summed E-state index contributed by atoms with van der Waals surface area (Å²) in [5, 5.41) is 0. The molecule has 23 heavy (non-hydrogen) atoms. The Morgan fingerprint density at radius 2 is 1.09 bits per heavy atom. The Balaban J connectivity index is 1.61. The third-order valence-corrected chi connectivity index (χ3v) is 10.1. The summed E-state index contributed by atoms with van der Waals surface area (Å²) in [5.74, 6) is 4.29. The predicted octanol–water partition coefficient (Wildman–Crippen LogP) is 1.76. The van der Waals surface area contributed by atoms with Crippen LogP contribution in [0, 0.1) is 23.7 Å². The van der Waals surface area contributed by atoms with E-state index in [2.05, 4.69) is 0 Å². The number of hydrogen-bond acceptors (Lipinski definition) is 4. The molecule has 6 heteroatoms. The molecule has 2 aliphatic carbocycles. The Hall–Kier alpha value is 0.274.